The van der Waals surface area contributed by atoms with Gasteiger partial charge in [-0.3, -0.25) is 4.79 Å². The Morgan fingerprint density at radius 3 is 2.61 bits per heavy atom. The molecule has 0 radical (unpaired) electrons. The first-order valence-electron chi connectivity index (χ1n) is 10.6. The van der Waals surface area contributed by atoms with Crippen molar-refractivity contribution in [2.75, 3.05) is 0 Å². The Bertz CT molecular complexity index is 1420. The molecular weight excluding hydrogens is 425 g/mol. The van der Waals surface area contributed by atoms with Gasteiger partial charge in [0.1, 0.15) is 11.6 Å². The van der Waals surface area contributed by atoms with E-state index in [1.165, 1.54) is 6.07 Å². The van der Waals surface area contributed by atoms with Crippen LogP contribution in [0.3, 0.4) is 0 Å². The monoisotopic (exact) mass is 449 g/mol. The van der Waals surface area contributed by atoms with Crippen molar-refractivity contribution in [1.29, 1.82) is 0 Å². The summed E-state index contributed by atoms with van der Waals surface area (Å²) in [5.74, 6) is -2.22. The summed E-state index contributed by atoms with van der Waals surface area (Å²) >= 11 is 0. The quantitative estimate of drug-likeness (QED) is 0.342. The van der Waals surface area contributed by atoms with Gasteiger partial charge in [-0.1, -0.05) is 31.2 Å². The van der Waals surface area contributed by atoms with Gasteiger partial charge in [-0.25, -0.2) is 9.18 Å². The van der Waals surface area contributed by atoms with Gasteiger partial charge in [-0.15, -0.1) is 0 Å². The third-order valence-corrected chi connectivity index (χ3v) is 5.87. The van der Waals surface area contributed by atoms with Gasteiger partial charge in [0.05, 0.1) is 5.69 Å². The zero-order chi connectivity index (χ0) is 23.7. The smallest absolute Gasteiger partial charge is 0.345 e. The molecule has 4 N–H and O–H groups in total. The summed E-state index contributed by atoms with van der Waals surface area (Å²) in [6.07, 6.45) is 0.344. The second kappa shape index (κ2) is 8.91. The predicted molar refractivity (Wildman–Crippen MR) is 124 cm³/mol. The molecule has 0 aliphatic carbocycles. The number of H-pyrrole nitrogens is 1. The average Bonchev–Trinajstić information content (AvgIpc) is 3.09. The minimum atomic E-state index is -1.47. The number of hydrogen-bond acceptors (Lipinski definition) is 4. The lowest BCUT2D eigenvalue weighted by molar-refractivity contribution is 0.0691. The van der Waals surface area contributed by atoms with Crippen LogP contribution in [0.5, 0.6) is 5.75 Å². The number of aryl methyl sites for hydroxylation is 1. The van der Waals surface area contributed by atoms with E-state index in [1.807, 2.05) is 35.9 Å². The number of nitrogens with zero attached hydrogens (tertiary/aromatic N) is 1. The van der Waals surface area contributed by atoms with Crippen LogP contribution >= 0.6 is 0 Å². The fourth-order valence-electron chi connectivity index (χ4n) is 4.12. The summed E-state index contributed by atoms with van der Waals surface area (Å²) in [6, 6.07) is 14.3. The van der Waals surface area contributed by atoms with E-state index in [2.05, 4.69) is 10.3 Å². The number of halogens is 1. The van der Waals surface area contributed by atoms with Crippen molar-refractivity contribution in [1.82, 2.24) is 14.9 Å². The van der Waals surface area contributed by atoms with Crippen LogP contribution in [-0.2, 0) is 26.6 Å². The molecule has 7 nitrogen and oxygen atoms in total. The van der Waals surface area contributed by atoms with Crippen LogP contribution < -0.4 is 10.9 Å². The minimum Gasteiger partial charge on any atom is -0.506 e. The molecule has 33 heavy (non-hydrogen) atoms. The molecule has 8 heteroatoms. The van der Waals surface area contributed by atoms with Gasteiger partial charge in [-0.2, -0.15) is 0 Å². The normalized spacial score (nSPS) is 11.2. The molecule has 0 fully saturated rings. The summed E-state index contributed by atoms with van der Waals surface area (Å²) in [4.78, 5) is 26.3. The summed E-state index contributed by atoms with van der Waals surface area (Å²) in [6.45, 7) is 2.71. The molecule has 4 aromatic rings. The Hall–Kier alpha value is -3.91. The summed E-state index contributed by atoms with van der Waals surface area (Å²) in [5, 5.41) is 23.8. The van der Waals surface area contributed by atoms with E-state index in [1.54, 1.807) is 25.1 Å². The maximum atomic E-state index is 13.8. The van der Waals surface area contributed by atoms with Crippen LogP contribution in [0.2, 0.25) is 0 Å². The van der Waals surface area contributed by atoms with Crippen LogP contribution in [0, 0.1) is 5.82 Å². The first kappa shape index (κ1) is 22.3. The predicted octanol–water partition coefficient (Wildman–Crippen LogP) is 3.93. The van der Waals surface area contributed by atoms with E-state index in [4.69, 9.17) is 0 Å². The molecule has 0 aliphatic rings. The number of aromatic nitrogens is 2. The topological polar surface area (TPSA) is 107 Å². The van der Waals surface area contributed by atoms with Gasteiger partial charge >= 0.3 is 5.97 Å². The van der Waals surface area contributed by atoms with Gasteiger partial charge in [0.25, 0.3) is 5.56 Å². The minimum absolute atomic E-state index is 0.246. The number of pyridine rings is 1. The standard InChI is InChI=1S/C25H24FN3O4/c1-3-18-22(28-24(31)21(23(18)30)25(32)33)14-8-9-20-16(10-14)11-17(29(20)2)13-27-12-15-6-4-5-7-19(15)26/h4-11,27H,3,12-13H2,1-2H3,(H,32,33)(H2,28,30,31). The number of fused-ring (bicyclic) bond motifs is 1. The number of aromatic amines is 1. The molecule has 4 rings (SSSR count). The number of nitrogens with one attached hydrogen (secondary N) is 2. The highest BCUT2D eigenvalue weighted by atomic mass is 19.1. The van der Waals surface area contributed by atoms with Gasteiger partial charge in [0.15, 0.2) is 5.56 Å². The summed E-state index contributed by atoms with van der Waals surface area (Å²) in [7, 11) is 1.94. The van der Waals surface area contributed by atoms with Crippen molar-refractivity contribution in [3.8, 4) is 17.0 Å². The SMILES string of the molecule is CCc1c(-c2ccc3c(c2)cc(CNCc2ccccc2F)n3C)[nH]c(=O)c(C(=O)O)c1O. The lowest BCUT2D eigenvalue weighted by atomic mass is 9.99. The Labute approximate surface area is 189 Å². The van der Waals surface area contributed by atoms with Crippen molar-refractivity contribution in [2.45, 2.75) is 26.4 Å². The Morgan fingerprint density at radius 2 is 1.91 bits per heavy atom. The summed E-state index contributed by atoms with van der Waals surface area (Å²) in [5.41, 5.74) is 2.49. The van der Waals surface area contributed by atoms with E-state index < -0.39 is 22.8 Å². The second-order valence-corrected chi connectivity index (χ2v) is 7.85. The third kappa shape index (κ3) is 4.12. The van der Waals surface area contributed by atoms with Gasteiger partial charge in [0, 0.05) is 47.9 Å². The van der Waals surface area contributed by atoms with Gasteiger partial charge < -0.3 is 25.1 Å². The molecule has 170 valence electrons. The lowest BCUT2D eigenvalue weighted by Crippen LogP contribution is -2.20. The van der Waals surface area contributed by atoms with Crippen LogP contribution in [-0.4, -0.2) is 25.7 Å². The number of benzene rings is 2. The molecule has 2 aromatic carbocycles. The molecule has 0 bridgehead atoms. The van der Waals surface area contributed by atoms with Crippen LogP contribution in [0.15, 0.2) is 53.3 Å². The Morgan fingerprint density at radius 1 is 1.15 bits per heavy atom. The van der Waals surface area contributed by atoms with E-state index in [0.717, 1.165) is 16.6 Å². The lowest BCUT2D eigenvalue weighted by Gasteiger charge is -2.12. The van der Waals surface area contributed by atoms with Gasteiger partial charge in [0.2, 0.25) is 0 Å². The molecule has 0 saturated carbocycles. The first-order chi connectivity index (χ1) is 15.8. The largest absolute Gasteiger partial charge is 0.506 e. The van der Waals surface area contributed by atoms with E-state index in [9.17, 15) is 24.2 Å². The second-order valence-electron chi connectivity index (χ2n) is 7.85. The molecule has 0 unspecified atom stereocenters. The van der Waals surface area contributed by atoms with Gasteiger partial charge in [-0.05, 0) is 36.2 Å². The molecular formula is C25H24FN3O4. The molecule has 0 aliphatic heterocycles. The number of carboxylic acids is 1. The molecule has 0 atom stereocenters. The van der Waals surface area contributed by atoms with Crippen molar-refractivity contribution in [3.63, 3.8) is 0 Å². The number of aromatic carboxylic acids is 1. The van der Waals surface area contributed by atoms with E-state index in [-0.39, 0.29) is 5.82 Å². The molecule has 2 aromatic heterocycles. The molecule has 0 spiro atoms. The number of carboxylic acid groups (broad SMARTS) is 1. The van der Waals surface area contributed by atoms with Crippen molar-refractivity contribution in [2.24, 2.45) is 7.05 Å². The van der Waals surface area contributed by atoms with Crippen LogP contribution in [0.25, 0.3) is 22.2 Å². The molecule has 0 amide bonds. The fourth-order valence-corrected chi connectivity index (χ4v) is 4.12. The Balaban J connectivity index is 1.66. The maximum Gasteiger partial charge on any atom is 0.345 e. The number of hydrogen-bond donors (Lipinski definition) is 4. The van der Waals surface area contributed by atoms with Crippen LogP contribution in [0.4, 0.5) is 4.39 Å². The fraction of sp³-hybridized carbons (Fsp3) is 0.200. The zero-order valence-electron chi connectivity index (χ0n) is 18.3. The van der Waals surface area contributed by atoms with Crippen molar-refractivity contribution in [3.05, 3.63) is 87.1 Å². The zero-order valence-corrected chi connectivity index (χ0v) is 18.3. The highest BCUT2D eigenvalue weighted by Gasteiger charge is 2.22. The number of rotatable bonds is 7. The first-order valence-corrected chi connectivity index (χ1v) is 10.6. The number of aromatic hydroxyl groups is 1. The van der Waals surface area contributed by atoms with E-state index >= 15 is 0 Å². The van der Waals surface area contributed by atoms with E-state index in [0.29, 0.717) is 41.9 Å². The highest BCUT2D eigenvalue weighted by molar-refractivity contribution is 5.92. The average molecular weight is 449 g/mol. The van der Waals surface area contributed by atoms with Crippen molar-refractivity contribution < 1.29 is 19.4 Å². The Kier molecular flexibility index (Phi) is 6.02. The molecule has 2 heterocycles. The highest BCUT2D eigenvalue weighted by Crippen LogP contribution is 2.32. The maximum absolute atomic E-state index is 13.8. The molecule has 0 saturated heterocycles. The third-order valence-electron chi connectivity index (χ3n) is 5.87. The summed E-state index contributed by atoms with van der Waals surface area (Å²) < 4.78 is 15.9. The number of carbonyl (C=O) groups is 1. The van der Waals surface area contributed by atoms with Crippen molar-refractivity contribution >= 4 is 16.9 Å². The van der Waals surface area contributed by atoms with Crippen LogP contribution in [0.1, 0.15) is 34.1 Å².